The number of rotatable bonds is 0. The minimum absolute atomic E-state index is 0. The van der Waals surface area contributed by atoms with Crippen LogP contribution in [-0.4, -0.2) is 0 Å². The molecule has 0 amide bonds. The standard InChI is InChI=1S/HNO2.Rh/c2-1-3;/h(H,2,3);/p-1. The molecule has 3 nitrogen and oxygen atoms in total. The first kappa shape index (κ1) is 8.98. The molecule has 27 valence electrons. The second-order valence-electron chi connectivity index (χ2n) is 0.0745. The van der Waals surface area contributed by atoms with Crippen molar-refractivity contribution in [1.29, 1.82) is 0 Å². The minimum Gasteiger partial charge on any atom is -0.444 e. The molecule has 0 aliphatic carbocycles. The smallest absolute Gasteiger partial charge is 0 e. The minimum atomic E-state index is 0. The normalized spacial score (nSPS) is 3.00. The first-order valence-corrected chi connectivity index (χ1v) is 0.365. The van der Waals surface area contributed by atoms with Gasteiger partial charge in [-0.1, -0.05) is 0 Å². The van der Waals surface area contributed by atoms with Crippen LogP contribution in [0.4, 0.5) is 0 Å². The predicted molar refractivity (Wildman–Crippen MR) is 9.16 cm³/mol. The molecule has 0 heterocycles. The van der Waals surface area contributed by atoms with E-state index in [2.05, 4.69) is 0 Å². The monoisotopic (exact) mass is 149 g/mol. The Morgan fingerprint density at radius 3 is 1.75 bits per heavy atom. The van der Waals surface area contributed by atoms with Crippen molar-refractivity contribution >= 4 is 0 Å². The zero-order valence-electron chi connectivity index (χ0n) is 1.60. The van der Waals surface area contributed by atoms with Gasteiger partial charge in [0, 0.05) is 19.5 Å². The van der Waals surface area contributed by atoms with Crippen LogP contribution in [0, 0.1) is 10.1 Å². The van der Waals surface area contributed by atoms with Crippen molar-refractivity contribution in [3.8, 4) is 0 Å². The number of hydrogen-bond acceptors (Lipinski definition) is 3. The van der Waals surface area contributed by atoms with Gasteiger partial charge in [-0.3, -0.25) is 0 Å². The van der Waals surface area contributed by atoms with Crippen molar-refractivity contribution in [2.75, 3.05) is 0 Å². The summed E-state index contributed by atoms with van der Waals surface area (Å²) < 4.78 is 0. The van der Waals surface area contributed by atoms with E-state index in [4.69, 9.17) is 10.1 Å². The Balaban J connectivity index is 0. The zero-order valence-corrected chi connectivity index (χ0v) is 3.24. The van der Waals surface area contributed by atoms with E-state index in [9.17, 15) is 0 Å². The van der Waals surface area contributed by atoms with Crippen molar-refractivity contribution in [2.24, 2.45) is 5.34 Å². The summed E-state index contributed by atoms with van der Waals surface area (Å²) in [6.07, 6.45) is 0. The maximum Gasteiger partial charge on any atom is 0 e. The molecule has 0 N–H and O–H groups in total. The first-order chi connectivity index (χ1) is 1.41. The maximum atomic E-state index is 8.00. The second kappa shape index (κ2) is 11.8. The third-order valence-corrected chi connectivity index (χ3v) is 0. The maximum absolute atomic E-state index is 8.00. The van der Waals surface area contributed by atoms with Crippen LogP contribution in [0.2, 0.25) is 0 Å². The molecular weight excluding hydrogens is 149 g/mol. The Labute approximate surface area is 35.7 Å². The Kier molecular flexibility index (Phi) is 26.5. The quantitative estimate of drug-likeness (QED) is 0.281. The third-order valence-electron chi connectivity index (χ3n) is 0. The average molecular weight is 149 g/mol. The SMILES string of the molecule is O=N[O-].[Rh]. The third kappa shape index (κ3) is 3880. The molecule has 1 radical (unpaired) electrons. The van der Waals surface area contributed by atoms with Gasteiger partial charge in [-0.25, -0.2) is 0 Å². The molecule has 0 aliphatic heterocycles. The molecule has 0 fully saturated rings. The molecule has 4 heavy (non-hydrogen) atoms. The van der Waals surface area contributed by atoms with Crippen molar-refractivity contribution < 1.29 is 19.5 Å². The van der Waals surface area contributed by atoms with Crippen molar-refractivity contribution in [2.45, 2.75) is 0 Å². The van der Waals surface area contributed by atoms with Gasteiger partial charge in [-0.05, 0) is 0 Å². The molecule has 0 spiro atoms. The van der Waals surface area contributed by atoms with Gasteiger partial charge in [0.25, 0.3) is 0 Å². The van der Waals surface area contributed by atoms with E-state index in [1.807, 2.05) is 0 Å². The fourth-order valence-corrected chi connectivity index (χ4v) is 0. The summed E-state index contributed by atoms with van der Waals surface area (Å²) in [5.74, 6) is 0. The summed E-state index contributed by atoms with van der Waals surface area (Å²) in [5.41, 5.74) is 0. The molecule has 0 atom stereocenters. The van der Waals surface area contributed by atoms with Gasteiger partial charge in [0.15, 0.2) is 0 Å². The Hall–Kier alpha value is 0.0234. The predicted octanol–water partition coefficient (Wildman–Crippen LogP) is 0.248. The van der Waals surface area contributed by atoms with Crippen LogP contribution in [0.5, 0.6) is 0 Å². The van der Waals surface area contributed by atoms with Crippen LogP contribution in [-0.2, 0) is 19.5 Å². The summed E-state index contributed by atoms with van der Waals surface area (Å²) in [6, 6.07) is 0. The molecule has 0 bridgehead atoms. The molecule has 0 aromatic rings. The molecule has 0 saturated carbocycles. The van der Waals surface area contributed by atoms with Gasteiger partial charge in [-0.2, -0.15) is 0 Å². The van der Waals surface area contributed by atoms with Crippen LogP contribution < -0.4 is 0 Å². The molecule has 4 heteroatoms. The molecule has 0 aromatic carbocycles. The Bertz CT molecular complexity index is 13.5. The van der Waals surface area contributed by atoms with E-state index in [0.29, 0.717) is 0 Å². The Morgan fingerprint density at radius 2 is 1.75 bits per heavy atom. The van der Waals surface area contributed by atoms with Gasteiger partial charge in [-0.15, -0.1) is 5.34 Å². The molecule has 0 rings (SSSR count). The molecule has 0 aliphatic rings. The van der Waals surface area contributed by atoms with Gasteiger partial charge in [0.05, 0.1) is 0 Å². The first-order valence-electron chi connectivity index (χ1n) is 0.365. The van der Waals surface area contributed by atoms with E-state index >= 15 is 0 Å². The van der Waals surface area contributed by atoms with Gasteiger partial charge in [0.1, 0.15) is 0 Å². The van der Waals surface area contributed by atoms with Gasteiger partial charge in [0.2, 0.25) is 0 Å². The largest absolute Gasteiger partial charge is 0.444 e. The number of hydrogen-bond donors (Lipinski definition) is 0. The zero-order chi connectivity index (χ0) is 2.71. The van der Waals surface area contributed by atoms with Crippen molar-refractivity contribution in [3.05, 3.63) is 10.1 Å². The summed E-state index contributed by atoms with van der Waals surface area (Å²) in [4.78, 5) is 8.00. The van der Waals surface area contributed by atoms with Crippen LogP contribution in [0.1, 0.15) is 0 Å². The topological polar surface area (TPSA) is 52.5 Å². The molecule has 0 unspecified atom stereocenters. The van der Waals surface area contributed by atoms with Crippen molar-refractivity contribution in [1.82, 2.24) is 0 Å². The van der Waals surface area contributed by atoms with E-state index in [1.165, 1.54) is 0 Å². The van der Waals surface area contributed by atoms with E-state index in [1.54, 1.807) is 0 Å². The fraction of sp³-hybridized carbons (Fsp3) is 0. The fourth-order valence-electron chi connectivity index (χ4n) is 0. The average Bonchev–Trinajstić information content (AvgIpc) is 0.918. The molecule has 0 saturated heterocycles. The van der Waals surface area contributed by atoms with Crippen LogP contribution in [0.15, 0.2) is 5.34 Å². The van der Waals surface area contributed by atoms with Crippen LogP contribution in [0.25, 0.3) is 0 Å². The van der Waals surface area contributed by atoms with Crippen LogP contribution >= 0.6 is 0 Å². The summed E-state index contributed by atoms with van der Waals surface area (Å²) >= 11 is 0. The van der Waals surface area contributed by atoms with E-state index < -0.39 is 0 Å². The molecular formula is NO2Rh-. The summed E-state index contributed by atoms with van der Waals surface area (Å²) in [6.45, 7) is 0. The van der Waals surface area contributed by atoms with E-state index in [0.717, 1.165) is 5.34 Å². The van der Waals surface area contributed by atoms with Gasteiger partial charge < -0.3 is 10.1 Å². The summed E-state index contributed by atoms with van der Waals surface area (Å²) in [7, 11) is 0. The van der Waals surface area contributed by atoms with Crippen LogP contribution in [0.3, 0.4) is 0 Å². The molecule has 0 aromatic heterocycles. The van der Waals surface area contributed by atoms with Gasteiger partial charge >= 0.3 is 0 Å². The number of nitrogens with zero attached hydrogens (tertiary/aromatic N) is 1. The second-order valence-corrected chi connectivity index (χ2v) is 0.0745. The summed E-state index contributed by atoms with van der Waals surface area (Å²) in [5, 5.41) is 9.00. The Morgan fingerprint density at radius 1 is 1.75 bits per heavy atom. The van der Waals surface area contributed by atoms with Crippen molar-refractivity contribution in [3.63, 3.8) is 0 Å². The van der Waals surface area contributed by atoms with E-state index in [-0.39, 0.29) is 19.5 Å².